The van der Waals surface area contributed by atoms with Crippen molar-refractivity contribution in [2.24, 2.45) is 0 Å². The molecule has 0 spiro atoms. The minimum Gasteiger partial charge on any atom is -0.0622 e. The van der Waals surface area contributed by atoms with Gasteiger partial charge < -0.3 is 0 Å². The van der Waals surface area contributed by atoms with Gasteiger partial charge in [-0.2, -0.15) is 0 Å². The summed E-state index contributed by atoms with van der Waals surface area (Å²) in [5, 5.41) is 8.43. The van der Waals surface area contributed by atoms with Crippen LogP contribution in [0.15, 0.2) is 146 Å². The zero-order valence-corrected chi connectivity index (χ0v) is 21.0. The van der Waals surface area contributed by atoms with Crippen LogP contribution in [0.2, 0.25) is 0 Å². The molecule has 0 nitrogen and oxygen atoms in total. The second-order valence-corrected chi connectivity index (χ2v) is 11.9. The average molecular weight is 502 g/mol. The minimum absolute atomic E-state index is 0. The van der Waals surface area contributed by atoms with Gasteiger partial charge in [-0.1, -0.05) is 146 Å². The molecule has 162 valence electrons. The van der Waals surface area contributed by atoms with E-state index in [-0.39, 0.29) is 17.1 Å². The summed E-state index contributed by atoms with van der Waals surface area (Å²) in [5.41, 5.74) is 0. The van der Waals surface area contributed by atoms with E-state index < -0.39 is 15.8 Å². The molecule has 0 saturated heterocycles. The Morgan fingerprint density at radius 2 is 0.485 bits per heavy atom. The van der Waals surface area contributed by atoms with E-state index in [0.717, 1.165) is 0 Å². The van der Waals surface area contributed by atoms with Crippen LogP contribution in [-0.2, 0) is 17.1 Å². The van der Waals surface area contributed by atoms with Crippen LogP contribution >= 0.6 is 15.8 Å². The minimum atomic E-state index is -0.664. The van der Waals surface area contributed by atoms with Crippen LogP contribution < -0.4 is 31.8 Å². The van der Waals surface area contributed by atoms with E-state index in [1.165, 1.54) is 31.8 Å². The van der Waals surface area contributed by atoms with Crippen LogP contribution in [0.3, 0.4) is 0 Å². The molecule has 5 aromatic carbocycles. The molecule has 0 bridgehead atoms. The van der Waals surface area contributed by atoms with Gasteiger partial charge in [0.15, 0.2) is 0 Å². The van der Waals surface area contributed by atoms with Gasteiger partial charge in [-0.25, -0.2) is 0 Å². The van der Waals surface area contributed by atoms with Crippen molar-refractivity contribution in [1.82, 2.24) is 0 Å². The van der Waals surface area contributed by atoms with Crippen molar-refractivity contribution in [3.05, 3.63) is 146 Å². The molecule has 0 aliphatic heterocycles. The van der Waals surface area contributed by atoms with Gasteiger partial charge in [0.2, 0.25) is 0 Å². The second kappa shape index (κ2) is 11.6. The van der Waals surface area contributed by atoms with Crippen molar-refractivity contribution in [2.45, 2.75) is 0 Å². The fourth-order valence-electron chi connectivity index (χ4n) is 4.01. The summed E-state index contributed by atoms with van der Waals surface area (Å²) in [6, 6.07) is 53.0. The van der Waals surface area contributed by atoms with E-state index in [1.807, 2.05) is 0 Å². The number of hydrogen-bond acceptors (Lipinski definition) is 0. The SMILES string of the molecule is [Fe].c1ccc(P(c2ccccc2)c2ccccc2P(c2ccccc2)c2ccccc2)cc1. The Hall–Kier alpha value is -2.52. The molecule has 0 N–H and O–H groups in total. The molecular weight excluding hydrogens is 478 g/mol. The molecule has 3 heteroatoms. The molecule has 33 heavy (non-hydrogen) atoms. The van der Waals surface area contributed by atoms with Crippen molar-refractivity contribution in [3.63, 3.8) is 0 Å². The smallest absolute Gasteiger partial charge is 0 e. The molecule has 0 aliphatic carbocycles. The summed E-state index contributed by atoms with van der Waals surface area (Å²) < 4.78 is 0. The van der Waals surface area contributed by atoms with Gasteiger partial charge in [0, 0.05) is 17.1 Å². The zero-order chi connectivity index (χ0) is 21.6. The monoisotopic (exact) mass is 502 g/mol. The van der Waals surface area contributed by atoms with E-state index in [9.17, 15) is 0 Å². The molecule has 0 atom stereocenters. The van der Waals surface area contributed by atoms with Gasteiger partial charge in [-0.3, -0.25) is 0 Å². The molecule has 0 aromatic heterocycles. The fourth-order valence-corrected chi connectivity index (χ4v) is 9.27. The summed E-state index contributed by atoms with van der Waals surface area (Å²) >= 11 is 0. The normalized spacial score (nSPS) is 10.7. The summed E-state index contributed by atoms with van der Waals surface area (Å²) in [4.78, 5) is 0. The molecule has 0 fully saturated rings. The third-order valence-electron chi connectivity index (χ3n) is 5.42. The fraction of sp³-hybridized carbons (Fsp3) is 0. The molecule has 5 aromatic rings. The third kappa shape index (κ3) is 5.35. The van der Waals surface area contributed by atoms with Crippen molar-refractivity contribution >= 4 is 47.7 Å². The maximum Gasteiger partial charge on any atom is 0 e. The van der Waals surface area contributed by atoms with Gasteiger partial charge in [-0.05, 0) is 47.7 Å². The first-order valence-electron chi connectivity index (χ1n) is 10.8. The third-order valence-corrected chi connectivity index (χ3v) is 10.6. The Morgan fingerprint density at radius 3 is 0.727 bits per heavy atom. The largest absolute Gasteiger partial charge is 0.0622 e. The molecule has 0 unspecified atom stereocenters. The van der Waals surface area contributed by atoms with E-state index in [0.29, 0.717) is 0 Å². The first kappa shape index (κ1) is 23.6. The van der Waals surface area contributed by atoms with E-state index in [2.05, 4.69) is 146 Å². The number of hydrogen-bond donors (Lipinski definition) is 0. The Balaban J connectivity index is 0.00000259. The number of benzene rings is 5. The van der Waals surface area contributed by atoms with Gasteiger partial charge in [0.1, 0.15) is 0 Å². The standard InChI is InChI=1S/C30H24P2.Fe/c1-5-15-25(16-6-1)31(26-17-7-2-8-18-26)29-23-13-14-24-30(29)32(27-19-9-3-10-20-27)28-21-11-4-12-22-28;/h1-24H;. The number of rotatable bonds is 6. The van der Waals surface area contributed by atoms with Crippen molar-refractivity contribution in [3.8, 4) is 0 Å². The maximum atomic E-state index is 2.35. The summed E-state index contributed by atoms with van der Waals surface area (Å²) in [5.74, 6) is 0. The Bertz CT molecular complexity index is 1080. The van der Waals surface area contributed by atoms with Gasteiger partial charge in [-0.15, -0.1) is 0 Å². The van der Waals surface area contributed by atoms with Crippen molar-refractivity contribution < 1.29 is 17.1 Å². The predicted molar refractivity (Wildman–Crippen MR) is 144 cm³/mol. The van der Waals surface area contributed by atoms with E-state index in [1.54, 1.807) is 0 Å². The maximum absolute atomic E-state index is 2.35. The predicted octanol–water partition coefficient (Wildman–Crippen LogP) is 5.20. The molecule has 0 radical (unpaired) electrons. The quantitative estimate of drug-likeness (QED) is 0.221. The summed E-state index contributed by atoms with van der Waals surface area (Å²) in [6.45, 7) is 0. The van der Waals surface area contributed by atoms with Crippen molar-refractivity contribution in [1.29, 1.82) is 0 Å². The van der Waals surface area contributed by atoms with Gasteiger partial charge >= 0.3 is 0 Å². The van der Waals surface area contributed by atoms with Crippen LogP contribution in [0.5, 0.6) is 0 Å². The molecule has 0 aliphatic rings. The Labute approximate surface area is 209 Å². The van der Waals surface area contributed by atoms with Crippen LogP contribution in [0, 0.1) is 0 Å². The average Bonchev–Trinajstić information content (AvgIpc) is 2.88. The van der Waals surface area contributed by atoms with Crippen LogP contribution in [0.25, 0.3) is 0 Å². The van der Waals surface area contributed by atoms with E-state index in [4.69, 9.17) is 0 Å². The first-order valence-corrected chi connectivity index (χ1v) is 13.5. The van der Waals surface area contributed by atoms with Crippen LogP contribution in [0.4, 0.5) is 0 Å². The molecule has 0 saturated carbocycles. The van der Waals surface area contributed by atoms with Crippen molar-refractivity contribution in [2.75, 3.05) is 0 Å². The van der Waals surface area contributed by atoms with Gasteiger partial charge in [0.25, 0.3) is 0 Å². The van der Waals surface area contributed by atoms with Crippen LogP contribution in [-0.4, -0.2) is 0 Å². The topological polar surface area (TPSA) is 0 Å². The van der Waals surface area contributed by atoms with E-state index >= 15 is 0 Å². The molecule has 5 rings (SSSR count). The molecule has 0 amide bonds. The summed E-state index contributed by atoms with van der Waals surface area (Å²) in [6.07, 6.45) is 0. The summed E-state index contributed by atoms with van der Waals surface area (Å²) in [7, 11) is -1.33. The second-order valence-electron chi connectivity index (χ2n) is 7.50. The zero-order valence-electron chi connectivity index (χ0n) is 18.1. The van der Waals surface area contributed by atoms with Gasteiger partial charge in [0.05, 0.1) is 0 Å². The van der Waals surface area contributed by atoms with Crippen LogP contribution in [0.1, 0.15) is 0 Å². The Kier molecular flexibility index (Phi) is 8.28. The molecule has 0 heterocycles. The molecular formula is C30H24FeP2. The first-order chi connectivity index (χ1) is 15.9. The Morgan fingerprint density at radius 1 is 0.273 bits per heavy atom.